The summed E-state index contributed by atoms with van der Waals surface area (Å²) < 4.78 is 16.7. The number of esters is 3. The number of ether oxygens (including phenoxy) is 3. The molecule has 0 aliphatic heterocycles. The third-order valence-electron chi connectivity index (χ3n) is 11.2. The molecule has 0 unspecified atom stereocenters. The fraction of sp³-hybridized carbons (Fsp3) is 0.656. The Morgan fingerprint density at radius 3 is 0.925 bits per heavy atom. The molecule has 0 aromatic heterocycles. The number of carbonyl (C=O) groups is 3. The Hall–Kier alpha value is -3.93. The molecule has 0 radical (unpaired) electrons. The Kier molecular flexibility index (Phi) is 51.5. The van der Waals surface area contributed by atoms with E-state index in [0.717, 1.165) is 116 Å². The molecule has 0 spiro atoms. The molecule has 0 aromatic rings. The Labute approximate surface area is 412 Å². The maximum atomic E-state index is 12.8. The van der Waals surface area contributed by atoms with E-state index >= 15 is 0 Å². The van der Waals surface area contributed by atoms with E-state index in [1.54, 1.807) is 0 Å². The average molecular weight is 929 g/mol. The standard InChI is InChI=1S/C61H100O6/c1-4-7-10-13-16-19-22-25-28-29-30-31-34-36-39-42-45-48-51-54-60(63)66-57-58(67-61(64)55-52-49-46-43-40-37-33-27-24-21-18-15-12-9-6-3)56-65-59(62)53-50-47-44-41-38-35-32-26-23-20-17-14-11-8-5-2/h16-21,25-28,30-33,36,39,45,48,58H,4-15,22-24,29,34-35,37-38,40-44,46-47,49-57H2,1-3H3/b19-16-,20-17-,21-18-,28-25-,31-30-,32-26-,33-27-,39-36-,48-45-/t58-/m0/s1. The minimum atomic E-state index is -0.823. The van der Waals surface area contributed by atoms with E-state index in [0.29, 0.717) is 19.3 Å². The molecule has 0 N–H and O–H groups in total. The van der Waals surface area contributed by atoms with Gasteiger partial charge >= 0.3 is 17.9 Å². The quantitative estimate of drug-likeness (QED) is 0.0262. The Morgan fingerprint density at radius 1 is 0.299 bits per heavy atom. The van der Waals surface area contributed by atoms with Crippen LogP contribution in [0.4, 0.5) is 0 Å². The lowest BCUT2D eigenvalue weighted by atomic mass is 10.1. The summed E-state index contributed by atoms with van der Waals surface area (Å²) in [5.41, 5.74) is 0. The van der Waals surface area contributed by atoms with Crippen LogP contribution in [-0.2, 0) is 28.6 Å². The number of allylic oxidation sites excluding steroid dienone is 18. The van der Waals surface area contributed by atoms with Gasteiger partial charge in [0, 0.05) is 19.3 Å². The largest absolute Gasteiger partial charge is 0.462 e. The van der Waals surface area contributed by atoms with Gasteiger partial charge in [-0.15, -0.1) is 0 Å². The highest BCUT2D eigenvalue weighted by atomic mass is 16.6. The molecular weight excluding hydrogens is 829 g/mol. The second-order valence-corrected chi connectivity index (χ2v) is 17.8. The predicted octanol–water partition coefficient (Wildman–Crippen LogP) is 18.3. The minimum Gasteiger partial charge on any atom is -0.462 e. The first-order chi connectivity index (χ1) is 33.0. The lowest BCUT2D eigenvalue weighted by Gasteiger charge is -2.18. The van der Waals surface area contributed by atoms with Gasteiger partial charge in [-0.3, -0.25) is 14.4 Å². The van der Waals surface area contributed by atoms with Gasteiger partial charge < -0.3 is 14.2 Å². The minimum absolute atomic E-state index is 0.116. The maximum Gasteiger partial charge on any atom is 0.306 e. The molecule has 0 saturated heterocycles. The van der Waals surface area contributed by atoms with Crippen LogP contribution >= 0.6 is 0 Å². The molecule has 380 valence electrons. The second kappa shape index (κ2) is 54.7. The van der Waals surface area contributed by atoms with Gasteiger partial charge in [-0.25, -0.2) is 0 Å². The molecule has 0 aliphatic carbocycles. The van der Waals surface area contributed by atoms with Crippen molar-refractivity contribution < 1.29 is 28.6 Å². The topological polar surface area (TPSA) is 78.9 Å². The van der Waals surface area contributed by atoms with Gasteiger partial charge in [-0.2, -0.15) is 0 Å². The maximum absolute atomic E-state index is 12.8. The Bertz CT molecular complexity index is 1390. The van der Waals surface area contributed by atoms with Crippen molar-refractivity contribution in [3.8, 4) is 0 Å². The van der Waals surface area contributed by atoms with Crippen LogP contribution in [0.2, 0.25) is 0 Å². The van der Waals surface area contributed by atoms with Crippen LogP contribution in [0, 0.1) is 0 Å². The molecule has 1 atom stereocenters. The molecule has 0 bridgehead atoms. The van der Waals surface area contributed by atoms with Crippen molar-refractivity contribution in [1.29, 1.82) is 0 Å². The molecule has 0 aliphatic rings. The molecule has 6 heteroatoms. The highest BCUT2D eigenvalue weighted by Gasteiger charge is 2.19. The van der Waals surface area contributed by atoms with Crippen molar-refractivity contribution in [3.63, 3.8) is 0 Å². The summed E-state index contributed by atoms with van der Waals surface area (Å²) in [6.07, 6.45) is 73.6. The van der Waals surface area contributed by atoms with E-state index in [4.69, 9.17) is 14.2 Å². The zero-order valence-corrected chi connectivity index (χ0v) is 43.4. The van der Waals surface area contributed by atoms with Crippen molar-refractivity contribution in [3.05, 3.63) is 109 Å². The summed E-state index contributed by atoms with van der Waals surface area (Å²) in [7, 11) is 0. The lowest BCUT2D eigenvalue weighted by molar-refractivity contribution is -0.166. The SMILES string of the molecule is CCCCC/C=C\C/C=C\C/C=C\C/C=C\C/C=C\CCC(=O)OC[C@H](COC(=O)CCCCCCC/C=C\C/C=C\CCCCC)OC(=O)CCCCCCC/C=C\C/C=C\CCCCC. The summed E-state index contributed by atoms with van der Waals surface area (Å²) in [5, 5.41) is 0. The number of carbonyl (C=O) groups excluding carboxylic acids is 3. The molecule has 0 heterocycles. The van der Waals surface area contributed by atoms with Crippen LogP contribution in [-0.4, -0.2) is 37.2 Å². The summed E-state index contributed by atoms with van der Waals surface area (Å²) in [6, 6.07) is 0. The van der Waals surface area contributed by atoms with E-state index in [1.165, 1.54) is 77.0 Å². The molecular formula is C61H100O6. The first-order valence-electron chi connectivity index (χ1n) is 27.4. The molecule has 0 rings (SSSR count). The monoisotopic (exact) mass is 929 g/mol. The molecule has 67 heavy (non-hydrogen) atoms. The number of hydrogen-bond donors (Lipinski definition) is 0. The Morgan fingerprint density at radius 2 is 0.567 bits per heavy atom. The molecule has 0 fully saturated rings. The van der Waals surface area contributed by atoms with Crippen LogP contribution in [0.15, 0.2) is 109 Å². The van der Waals surface area contributed by atoms with Gasteiger partial charge in [-0.05, 0) is 122 Å². The van der Waals surface area contributed by atoms with Gasteiger partial charge in [0.05, 0.1) is 0 Å². The van der Waals surface area contributed by atoms with Gasteiger partial charge in [0.15, 0.2) is 6.10 Å². The predicted molar refractivity (Wildman–Crippen MR) is 288 cm³/mol. The van der Waals surface area contributed by atoms with E-state index in [9.17, 15) is 14.4 Å². The van der Waals surface area contributed by atoms with E-state index in [2.05, 4.69) is 124 Å². The van der Waals surface area contributed by atoms with Crippen molar-refractivity contribution in [2.45, 2.75) is 245 Å². The van der Waals surface area contributed by atoms with Gasteiger partial charge in [0.2, 0.25) is 0 Å². The van der Waals surface area contributed by atoms with Crippen LogP contribution in [0.5, 0.6) is 0 Å². The number of hydrogen-bond acceptors (Lipinski definition) is 6. The fourth-order valence-electron chi connectivity index (χ4n) is 7.07. The van der Waals surface area contributed by atoms with Crippen LogP contribution in [0.1, 0.15) is 239 Å². The highest BCUT2D eigenvalue weighted by Crippen LogP contribution is 2.12. The van der Waals surface area contributed by atoms with Crippen molar-refractivity contribution >= 4 is 17.9 Å². The molecule has 0 amide bonds. The summed E-state index contributed by atoms with van der Waals surface area (Å²) >= 11 is 0. The normalized spacial score (nSPS) is 12.9. The third-order valence-corrected chi connectivity index (χ3v) is 11.2. The summed E-state index contributed by atoms with van der Waals surface area (Å²) in [4.78, 5) is 38.0. The molecule has 6 nitrogen and oxygen atoms in total. The van der Waals surface area contributed by atoms with Crippen molar-refractivity contribution in [2.75, 3.05) is 13.2 Å². The molecule has 0 saturated carbocycles. The zero-order chi connectivity index (χ0) is 48.6. The Balaban J connectivity index is 4.56. The highest BCUT2D eigenvalue weighted by molar-refractivity contribution is 5.71. The summed E-state index contributed by atoms with van der Waals surface area (Å²) in [5.74, 6) is -1.03. The van der Waals surface area contributed by atoms with Gasteiger partial charge in [-0.1, -0.05) is 207 Å². The number of rotatable bonds is 48. The van der Waals surface area contributed by atoms with Crippen LogP contribution in [0.25, 0.3) is 0 Å². The second-order valence-electron chi connectivity index (χ2n) is 17.8. The summed E-state index contributed by atoms with van der Waals surface area (Å²) in [6.45, 7) is 6.46. The zero-order valence-electron chi connectivity index (χ0n) is 43.4. The van der Waals surface area contributed by atoms with E-state index in [-0.39, 0.29) is 37.5 Å². The lowest BCUT2D eigenvalue weighted by Crippen LogP contribution is -2.30. The fourth-order valence-corrected chi connectivity index (χ4v) is 7.07. The third kappa shape index (κ3) is 52.9. The van der Waals surface area contributed by atoms with Gasteiger partial charge in [0.1, 0.15) is 13.2 Å². The van der Waals surface area contributed by atoms with E-state index < -0.39 is 6.10 Å². The van der Waals surface area contributed by atoms with Crippen LogP contribution in [0.3, 0.4) is 0 Å². The first-order valence-corrected chi connectivity index (χ1v) is 27.4. The number of unbranched alkanes of at least 4 members (excludes halogenated alkanes) is 19. The van der Waals surface area contributed by atoms with E-state index in [1.807, 2.05) is 6.08 Å². The van der Waals surface area contributed by atoms with Crippen molar-refractivity contribution in [1.82, 2.24) is 0 Å². The first kappa shape index (κ1) is 63.1. The van der Waals surface area contributed by atoms with Crippen LogP contribution < -0.4 is 0 Å². The molecule has 0 aromatic carbocycles. The van der Waals surface area contributed by atoms with Gasteiger partial charge in [0.25, 0.3) is 0 Å². The average Bonchev–Trinajstić information content (AvgIpc) is 3.33. The smallest absolute Gasteiger partial charge is 0.306 e. The van der Waals surface area contributed by atoms with Crippen molar-refractivity contribution in [2.24, 2.45) is 0 Å².